The van der Waals surface area contributed by atoms with E-state index in [4.69, 9.17) is 4.74 Å². The molecule has 1 fully saturated rings. The number of nitrogens with one attached hydrogen (secondary N) is 1. The highest BCUT2D eigenvalue weighted by Crippen LogP contribution is 2.29. The molecule has 0 aliphatic carbocycles. The first-order valence-electron chi connectivity index (χ1n) is 11.2. The predicted octanol–water partition coefficient (Wildman–Crippen LogP) is 3.66. The average Bonchev–Trinajstić information content (AvgIpc) is 2.78. The molecule has 0 spiro atoms. The van der Waals surface area contributed by atoms with Gasteiger partial charge in [0.25, 0.3) is 10.0 Å². The van der Waals surface area contributed by atoms with Gasteiger partial charge in [-0.15, -0.1) is 0 Å². The van der Waals surface area contributed by atoms with Crippen LogP contribution in [-0.2, 0) is 25.0 Å². The molecule has 1 aromatic heterocycles. The minimum absolute atomic E-state index is 0.0578. The van der Waals surface area contributed by atoms with Crippen molar-refractivity contribution < 1.29 is 27.9 Å². The fourth-order valence-corrected chi connectivity index (χ4v) is 4.89. The number of aromatic nitrogens is 1. The minimum atomic E-state index is -3.93. The Morgan fingerprint density at radius 3 is 2.32 bits per heavy atom. The van der Waals surface area contributed by atoms with Crippen molar-refractivity contribution >= 4 is 33.5 Å². The van der Waals surface area contributed by atoms with Crippen molar-refractivity contribution in [1.29, 1.82) is 0 Å². The summed E-state index contributed by atoms with van der Waals surface area (Å²) in [5.74, 6) is -1.44. The summed E-state index contributed by atoms with van der Waals surface area (Å²) in [5, 5.41) is 9.74. The van der Waals surface area contributed by atoms with E-state index >= 15 is 0 Å². The van der Waals surface area contributed by atoms with Gasteiger partial charge in [-0.1, -0.05) is 32.9 Å². The molecule has 0 bridgehead atoms. The molecule has 0 saturated carbocycles. The number of rotatable bonds is 7. The number of benzene rings is 1. The molecule has 1 aliphatic rings. The van der Waals surface area contributed by atoms with Crippen LogP contribution in [0.25, 0.3) is 0 Å². The third kappa shape index (κ3) is 5.85. The number of aromatic carboxylic acids is 1. The van der Waals surface area contributed by atoms with Crippen molar-refractivity contribution in [1.82, 2.24) is 4.98 Å². The summed E-state index contributed by atoms with van der Waals surface area (Å²) in [6.45, 7) is 9.08. The molecule has 10 heteroatoms. The van der Waals surface area contributed by atoms with E-state index in [0.717, 1.165) is 5.56 Å². The molecule has 0 atom stereocenters. The molecule has 2 heterocycles. The molecular formula is C24H31N3O6S. The van der Waals surface area contributed by atoms with Crippen LogP contribution in [0.5, 0.6) is 0 Å². The number of anilines is 2. The number of hydrogen-bond acceptors (Lipinski definition) is 7. The average molecular weight is 490 g/mol. The lowest BCUT2D eigenvalue weighted by atomic mass is 9.87. The van der Waals surface area contributed by atoms with Gasteiger partial charge in [0.2, 0.25) is 0 Å². The van der Waals surface area contributed by atoms with E-state index < -0.39 is 16.0 Å². The van der Waals surface area contributed by atoms with Gasteiger partial charge in [-0.3, -0.25) is 9.52 Å². The van der Waals surface area contributed by atoms with Gasteiger partial charge in [-0.2, -0.15) is 0 Å². The number of carbonyl (C=O) groups excluding carboxylic acids is 1. The standard InChI is InChI=1S/C24H31N3O6S/c1-5-33-23(30)16-10-12-27(13-11-16)21-20(22(28)29)14-18(15-25-21)26-34(31,32)19-8-6-17(7-9-19)24(2,3)4/h6-9,14-16,26H,5,10-13H2,1-4H3,(H,28,29). The van der Waals surface area contributed by atoms with Crippen molar-refractivity contribution in [2.75, 3.05) is 29.3 Å². The largest absolute Gasteiger partial charge is 0.478 e. The number of pyridine rings is 1. The van der Waals surface area contributed by atoms with E-state index in [0.29, 0.717) is 32.5 Å². The Labute approximate surface area is 200 Å². The van der Waals surface area contributed by atoms with Crippen molar-refractivity contribution in [2.24, 2.45) is 5.92 Å². The van der Waals surface area contributed by atoms with Crippen LogP contribution >= 0.6 is 0 Å². The fraction of sp³-hybridized carbons (Fsp3) is 0.458. The molecule has 0 unspecified atom stereocenters. The Hall–Kier alpha value is -3.14. The van der Waals surface area contributed by atoms with Crippen LogP contribution in [0.3, 0.4) is 0 Å². The Morgan fingerprint density at radius 2 is 1.79 bits per heavy atom. The number of hydrogen-bond donors (Lipinski definition) is 2. The van der Waals surface area contributed by atoms with E-state index in [1.54, 1.807) is 24.0 Å². The number of carbonyl (C=O) groups is 2. The van der Waals surface area contributed by atoms with E-state index in [-0.39, 0.29) is 39.3 Å². The zero-order valence-corrected chi connectivity index (χ0v) is 20.7. The van der Waals surface area contributed by atoms with Crippen LogP contribution in [0.1, 0.15) is 56.5 Å². The van der Waals surface area contributed by atoms with Crippen LogP contribution < -0.4 is 9.62 Å². The molecule has 2 aromatic rings. The fourth-order valence-electron chi connectivity index (χ4n) is 3.86. The maximum Gasteiger partial charge on any atom is 0.339 e. The molecule has 1 saturated heterocycles. The molecule has 1 aromatic carbocycles. The van der Waals surface area contributed by atoms with Gasteiger partial charge in [-0.05, 0) is 48.9 Å². The normalized spacial score (nSPS) is 15.1. The van der Waals surface area contributed by atoms with E-state index in [1.807, 2.05) is 20.8 Å². The minimum Gasteiger partial charge on any atom is -0.478 e. The summed E-state index contributed by atoms with van der Waals surface area (Å²) >= 11 is 0. The maximum atomic E-state index is 12.8. The second kappa shape index (κ2) is 10.0. The highest BCUT2D eigenvalue weighted by atomic mass is 32.2. The lowest BCUT2D eigenvalue weighted by Gasteiger charge is -2.32. The molecule has 2 N–H and O–H groups in total. The zero-order chi connectivity index (χ0) is 25.1. The Balaban J connectivity index is 1.78. The molecule has 0 radical (unpaired) electrons. The summed E-state index contributed by atoms with van der Waals surface area (Å²) in [5.41, 5.74) is 0.828. The number of carboxylic acids is 1. The lowest BCUT2D eigenvalue weighted by Crippen LogP contribution is -2.38. The van der Waals surface area contributed by atoms with Crippen LogP contribution in [-0.4, -0.2) is 50.1 Å². The molecule has 3 rings (SSSR count). The summed E-state index contributed by atoms with van der Waals surface area (Å²) < 4.78 is 33.2. The highest BCUT2D eigenvalue weighted by molar-refractivity contribution is 7.92. The predicted molar refractivity (Wildman–Crippen MR) is 129 cm³/mol. The number of carboxylic acid groups (broad SMARTS) is 1. The van der Waals surface area contributed by atoms with Crippen molar-refractivity contribution in [2.45, 2.75) is 50.8 Å². The van der Waals surface area contributed by atoms with Gasteiger partial charge in [0, 0.05) is 13.1 Å². The molecule has 0 amide bonds. The van der Waals surface area contributed by atoms with Crippen molar-refractivity contribution in [3.05, 3.63) is 47.7 Å². The molecule has 1 aliphatic heterocycles. The van der Waals surface area contributed by atoms with Gasteiger partial charge in [0.15, 0.2) is 0 Å². The third-order valence-corrected chi connectivity index (χ3v) is 7.19. The lowest BCUT2D eigenvalue weighted by molar-refractivity contribution is -0.148. The molecule has 184 valence electrons. The van der Waals surface area contributed by atoms with E-state index in [1.165, 1.54) is 24.4 Å². The monoisotopic (exact) mass is 489 g/mol. The van der Waals surface area contributed by atoms with Gasteiger partial charge in [-0.25, -0.2) is 18.2 Å². The Bertz CT molecular complexity index is 1150. The molecular weight excluding hydrogens is 458 g/mol. The quantitative estimate of drug-likeness (QED) is 0.565. The van der Waals surface area contributed by atoms with Crippen molar-refractivity contribution in [3.8, 4) is 0 Å². The van der Waals surface area contributed by atoms with Gasteiger partial charge < -0.3 is 14.7 Å². The van der Waals surface area contributed by atoms with Crippen LogP contribution in [0.2, 0.25) is 0 Å². The number of esters is 1. The summed E-state index contributed by atoms with van der Waals surface area (Å²) in [4.78, 5) is 30.0. The first kappa shape index (κ1) is 25.5. The number of nitrogens with zero attached hydrogens (tertiary/aromatic N) is 2. The highest BCUT2D eigenvalue weighted by Gasteiger charge is 2.29. The van der Waals surface area contributed by atoms with E-state index in [2.05, 4.69) is 9.71 Å². The second-order valence-corrected chi connectivity index (χ2v) is 11.0. The van der Waals surface area contributed by atoms with Gasteiger partial charge in [0.1, 0.15) is 11.4 Å². The Morgan fingerprint density at radius 1 is 1.18 bits per heavy atom. The first-order valence-corrected chi connectivity index (χ1v) is 12.7. The van der Waals surface area contributed by atoms with Crippen LogP contribution in [0.4, 0.5) is 11.5 Å². The van der Waals surface area contributed by atoms with Crippen LogP contribution in [0.15, 0.2) is 41.4 Å². The summed E-state index contributed by atoms with van der Waals surface area (Å²) in [6.07, 6.45) is 2.36. The van der Waals surface area contributed by atoms with Crippen molar-refractivity contribution in [3.63, 3.8) is 0 Å². The SMILES string of the molecule is CCOC(=O)C1CCN(c2ncc(NS(=O)(=O)c3ccc(C(C)(C)C)cc3)cc2C(=O)O)CC1. The smallest absolute Gasteiger partial charge is 0.339 e. The second-order valence-electron chi connectivity index (χ2n) is 9.29. The number of ether oxygens (including phenoxy) is 1. The number of piperidine rings is 1. The third-order valence-electron chi connectivity index (χ3n) is 5.79. The number of sulfonamides is 1. The summed E-state index contributed by atoms with van der Waals surface area (Å²) in [6, 6.07) is 7.84. The van der Waals surface area contributed by atoms with E-state index in [9.17, 15) is 23.1 Å². The van der Waals surface area contributed by atoms with Gasteiger partial charge >= 0.3 is 11.9 Å². The van der Waals surface area contributed by atoms with Gasteiger partial charge in [0.05, 0.1) is 29.3 Å². The molecule has 9 nitrogen and oxygen atoms in total. The zero-order valence-electron chi connectivity index (χ0n) is 19.9. The summed E-state index contributed by atoms with van der Waals surface area (Å²) in [7, 11) is -3.93. The Kier molecular flexibility index (Phi) is 7.50. The first-order chi connectivity index (χ1) is 15.9. The molecule has 34 heavy (non-hydrogen) atoms. The maximum absolute atomic E-state index is 12.8. The van der Waals surface area contributed by atoms with Crippen LogP contribution in [0, 0.1) is 5.92 Å². The topological polar surface area (TPSA) is 126 Å².